The van der Waals surface area contributed by atoms with Gasteiger partial charge in [-0.25, -0.2) is 4.79 Å². The van der Waals surface area contributed by atoms with Gasteiger partial charge in [-0.15, -0.1) is 0 Å². The third-order valence-corrected chi connectivity index (χ3v) is 4.49. The van der Waals surface area contributed by atoms with Crippen molar-refractivity contribution >= 4 is 22.5 Å². The lowest BCUT2D eigenvalue weighted by atomic mass is 10.1. The molecule has 0 aliphatic carbocycles. The van der Waals surface area contributed by atoms with Gasteiger partial charge in [-0.3, -0.25) is 4.21 Å². The van der Waals surface area contributed by atoms with E-state index in [4.69, 9.17) is 0 Å². The number of carbonyl (C=O) groups is 1. The van der Waals surface area contributed by atoms with E-state index in [0.717, 1.165) is 11.3 Å². The van der Waals surface area contributed by atoms with Crippen molar-refractivity contribution in [1.82, 2.24) is 10.6 Å². The topological polar surface area (TPSA) is 70.2 Å². The van der Waals surface area contributed by atoms with Crippen molar-refractivity contribution in [1.29, 1.82) is 0 Å². The SMILES string of the molecule is CNC(C)c1cccc(NC(=O)NCC(C)S(C)=O)c1. The lowest BCUT2D eigenvalue weighted by molar-refractivity contribution is 0.252. The van der Waals surface area contributed by atoms with Crippen molar-refractivity contribution in [2.75, 3.05) is 25.2 Å². The highest BCUT2D eigenvalue weighted by molar-refractivity contribution is 7.84. The Morgan fingerprint density at radius 1 is 1.35 bits per heavy atom. The van der Waals surface area contributed by atoms with Crippen LogP contribution in [0.4, 0.5) is 10.5 Å². The van der Waals surface area contributed by atoms with Crippen LogP contribution in [0, 0.1) is 0 Å². The van der Waals surface area contributed by atoms with Crippen LogP contribution < -0.4 is 16.0 Å². The van der Waals surface area contributed by atoms with E-state index in [1.165, 1.54) is 0 Å². The van der Waals surface area contributed by atoms with E-state index in [2.05, 4.69) is 22.9 Å². The molecule has 5 nitrogen and oxygen atoms in total. The monoisotopic (exact) mass is 297 g/mol. The Morgan fingerprint density at radius 2 is 2.05 bits per heavy atom. The van der Waals surface area contributed by atoms with Gasteiger partial charge < -0.3 is 16.0 Å². The van der Waals surface area contributed by atoms with E-state index in [0.29, 0.717) is 6.54 Å². The molecule has 20 heavy (non-hydrogen) atoms. The summed E-state index contributed by atoms with van der Waals surface area (Å²) in [5, 5.41) is 8.59. The van der Waals surface area contributed by atoms with Crippen molar-refractivity contribution in [2.24, 2.45) is 0 Å². The van der Waals surface area contributed by atoms with E-state index in [9.17, 15) is 9.00 Å². The van der Waals surface area contributed by atoms with Crippen LogP contribution in [0.1, 0.15) is 25.5 Å². The van der Waals surface area contributed by atoms with Gasteiger partial charge in [0.1, 0.15) is 0 Å². The fourth-order valence-corrected chi connectivity index (χ4v) is 1.90. The van der Waals surface area contributed by atoms with Gasteiger partial charge in [0, 0.05) is 40.6 Å². The van der Waals surface area contributed by atoms with Gasteiger partial charge in [-0.05, 0) is 38.6 Å². The van der Waals surface area contributed by atoms with Crippen molar-refractivity contribution < 1.29 is 9.00 Å². The highest BCUT2D eigenvalue weighted by Crippen LogP contribution is 2.16. The molecule has 3 N–H and O–H groups in total. The molecule has 0 aromatic heterocycles. The Bertz CT molecular complexity index is 479. The summed E-state index contributed by atoms with van der Waals surface area (Å²) in [6, 6.07) is 7.63. The number of benzene rings is 1. The zero-order valence-corrected chi connectivity index (χ0v) is 13.2. The Labute approximate surface area is 123 Å². The van der Waals surface area contributed by atoms with Crippen LogP contribution in [0.15, 0.2) is 24.3 Å². The quantitative estimate of drug-likeness (QED) is 0.750. The minimum Gasteiger partial charge on any atom is -0.337 e. The van der Waals surface area contributed by atoms with E-state index >= 15 is 0 Å². The largest absolute Gasteiger partial charge is 0.337 e. The second-order valence-corrected chi connectivity index (χ2v) is 6.58. The molecular weight excluding hydrogens is 274 g/mol. The van der Waals surface area contributed by atoms with Crippen LogP contribution in [-0.4, -0.2) is 35.3 Å². The van der Waals surface area contributed by atoms with Gasteiger partial charge in [0.25, 0.3) is 0 Å². The van der Waals surface area contributed by atoms with Gasteiger partial charge in [0.2, 0.25) is 0 Å². The molecule has 0 fully saturated rings. The highest BCUT2D eigenvalue weighted by Gasteiger charge is 2.09. The van der Waals surface area contributed by atoms with Crippen LogP contribution in [0.5, 0.6) is 0 Å². The Morgan fingerprint density at radius 3 is 2.65 bits per heavy atom. The molecule has 3 atom stereocenters. The number of hydrogen-bond donors (Lipinski definition) is 3. The molecule has 1 rings (SSSR count). The molecule has 6 heteroatoms. The molecule has 112 valence electrons. The first-order chi connectivity index (χ1) is 9.43. The Hall–Kier alpha value is -1.40. The molecule has 0 aliphatic heterocycles. The second kappa shape index (κ2) is 8.01. The van der Waals surface area contributed by atoms with Crippen molar-refractivity contribution in [3.05, 3.63) is 29.8 Å². The Balaban J connectivity index is 2.56. The summed E-state index contributed by atoms with van der Waals surface area (Å²) in [5.41, 5.74) is 1.85. The minimum atomic E-state index is -0.935. The summed E-state index contributed by atoms with van der Waals surface area (Å²) in [7, 11) is 0.957. The molecule has 0 radical (unpaired) electrons. The number of rotatable bonds is 6. The van der Waals surface area contributed by atoms with Crippen LogP contribution >= 0.6 is 0 Å². The van der Waals surface area contributed by atoms with Crippen LogP contribution in [0.25, 0.3) is 0 Å². The van der Waals surface area contributed by atoms with E-state index in [1.807, 2.05) is 38.2 Å². The average Bonchev–Trinajstić information content (AvgIpc) is 2.43. The van der Waals surface area contributed by atoms with Gasteiger partial charge in [-0.1, -0.05) is 12.1 Å². The normalized spacial score (nSPS) is 15.2. The molecule has 0 heterocycles. The molecule has 0 saturated heterocycles. The summed E-state index contributed by atoms with van der Waals surface area (Å²) >= 11 is 0. The summed E-state index contributed by atoms with van der Waals surface area (Å²) in [4.78, 5) is 11.8. The number of carbonyl (C=O) groups excluding carboxylic acids is 1. The van der Waals surface area contributed by atoms with Crippen LogP contribution in [0.3, 0.4) is 0 Å². The molecule has 0 saturated carbocycles. The third-order valence-electron chi connectivity index (χ3n) is 3.19. The van der Waals surface area contributed by atoms with E-state index in [1.54, 1.807) is 6.26 Å². The molecule has 0 spiro atoms. The summed E-state index contributed by atoms with van der Waals surface area (Å²) in [6.07, 6.45) is 1.63. The first-order valence-corrected chi connectivity index (χ1v) is 8.20. The van der Waals surface area contributed by atoms with Crippen LogP contribution in [0.2, 0.25) is 0 Å². The number of urea groups is 1. The lowest BCUT2D eigenvalue weighted by Gasteiger charge is -2.14. The zero-order valence-electron chi connectivity index (χ0n) is 12.4. The molecular formula is C14H23N3O2S. The fourth-order valence-electron chi connectivity index (χ4n) is 1.58. The molecule has 0 bridgehead atoms. The number of hydrogen-bond acceptors (Lipinski definition) is 3. The van der Waals surface area contributed by atoms with E-state index in [-0.39, 0.29) is 17.3 Å². The maximum Gasteiger partial charge on any atom is 0.319 e. The van der Waals surface area contributed by atoms with Gasteiger partial charge in [0.05, 0.1) is 0 Å². The predicted octanol–water partition coefficient (Wildman–Crippen LogP) is 1.86. The highest BCUT2D eigenvalue weighted by atomic mass is 32.2. The predicted molar refractivity (Wildman–Crippen MR) is 84.5 cm³/mol. The van der Waals surface area contributed by atoms with Gasteiger partial charge >= 0.3 is 6.03 Å². The van der Waals surface area contributed by atoms with Gasteiger partial charge in [-0.2, -0.15) is 0 Å². The second-order valence-electron chi connectivity index (χ2n) is 4.78. The minimum absolute atomic E-state index is 0.0589. The number of anilines is 1. The smallest absolute Gasteiger partial charge is 0.319 e. The maximum absolute atomic E-state index is 11.8. The average molecular weight is 297 g/mol. The van der Waals surface area contributed by atoms with Crippen molar-refractivity contribution in [2.45, 2.75) is 25.1 Å². The van der Waals surface area contributed by atoms with Gasteiger partial charge in [0.15, 0.2) is 0 Å². The lowest BCUT2D eigenvalue weighted by Crippen LogP contribution is -2.35. The number of amides is 2. The summed E-state index contributed by atoms with van der Waals surface area (Å²) < 4.78 is 11.2. The maximum atomic E-state index is 11.8. The standard InChI is InChI=1S/C14H23N3O2S/c1-10(20(4)19)9-16-14(18)17-13-7-5-6-12(8-13)11(2)15-3/h5-8,10-11,15H,9H2,1-4H3,(H2,16,17,18). The summed E-state index contributed by atoms with van der Waals surface area (Å²) in [5.74, 6) is 0. The molecule has 1 aromatic carbocycles. The fraction of sp³-hybridized carbons (Fsp3) is 0.500. The van der Waals surface area contributed by atoms with Crippen LogP contribution in [-0.2, 0) is 10.8 Å². The molecule has 3 unspecified atom stereocenters. The number of nitrogens with one attached hydrogen (secondary N) is 3. The third kappa shape index (κ3) is 5.30. The summed E-state index contributed by atoms with van der Waals surface area (Å²) in [6.45, 7) is 4.28. The first-order valence-electron chi connectivity index (χ1n) is 6.58. The molecule has 0 aliphatic rings. The first kappa shape index (κ1) is 16.7. The van der Waals surface area contributed by atoms with E-state index < -0.39 is 10.8 Å². The van der Waals surface area contributed by atoms with Crippen molar-refractivity contribution in [3.63, 3.8) is 0 Å². The zero-order chi connectivity index (χ0) is 15.1. The Kier molecular flexibility index (Phi) is 6.67. The van der Waals surface area contributed by atoms with Crippen molar-refractivity contribution in [3.8, 4) is 0 Å². The molecule has 1 aromatic rings. The molecule has 2 amide bonds.